The van der Waals surface area contributed by atoms with E-state index in [1.165, 1.54) is 26.0 Å². The summed E-state index contributed by atoms with van der Waals surface area (Å²) in [6, 6.07) is 0. The molecule has 0 aromatic carbocycles. The van der Waals surface area contributed by atoms with E-state index in [1.54, 1.807) is 0 Å². The summed E-state index contributed by atoms with van der Waals surface area (Å²) in [7, 11) is -8.44. The second kappa shape index (κ2) is 11.1. The fraction of sp³-hybridized carbons (Fsp3) is 0.200. The van der Waals surface area contributed by atoms with Crippen LogP contribution in [0.5, 0.6) is 0 Å². The van der Waals surface area contributed by atoms with E-state index < -0.39 is 20.2 Å². The van der Waals surface area contributed by atoms with Crippen molar-refractivity contribution in [3.8, 4) is 0 Å². The quantitative estimate of drug-likeness (QED) is 0.370. The van der Waals surface area contributed by atoms with Crippen molar-refractivity contribution >= 4 is 69.1 Å². The maximum Gasteiger partial charge on any atom is 2.00 e. The van der Waals surface area contributed by atoms with E-state index in [-0.39, 0.29) is 48.9 Å². The molecule has 0 spiro atoms. The van der Waals surface area contributed by atoms with Crippen LogP contribution in [0.15, 0.2) is 47.3 Å². The molecule has 0 rings (SSSR count). The van der Waals surface area contributed by atoms with Crippen molar-refractivity contribution in [2.24, 2.45) is 0 Å². The minimum Gasteiger partial charge on any atom is -0.744 e. The molecule has 0 heterocycles. The van der Waals surface area contributed by atoms with E-state index in [9.17, 15) is 25.9 Å². The molecule has 19 heavy (non-hydrogen) atoms. The monoisotopic (exact) mass is 432 g/mol. The van der Waals surface area contributed by atoms with Crippen molar-refractivity contribution in [3.63, 3.8) is 0 Å². The summed E-state index contributed by atoms with van der Waals surface area (Å²) in [5.74, 6) is 0. The van der Waals surface area contributed by atoms with Gasteiger partial charge < -0.3 is 9.11 Å². The van der Waals surface area contributed by atoms with Gasteiger partial charge in [0, 0.05) is 10.8 Å². The molecule has 0 N–H and O–H groups in total. The van der Waals surface area contributed by atoms with Gasteiger partial charge in [0.25, 0.3) is 0 Å². The molecule has 104 valence electrons. The summed E-state index contributed by atoms with van der Waals surface area (Å²) < 4.78 is 59.5. The maximum absolute atomic E-state index is 9.92. The second-order valence-electron chi connectivity index (χ2n) is 3.12. The van der Waals surface area contributed by atoms with Gasteiger partial charge in [-0.05, 0) is 25.0 Å². The van der Waals surface area contributed by atoms with Crippen molar-refractivity contribution in [3.05, 3.63) is 47.3 Å². The molecule has 0 fully saturated rings. The van der Waals surface area contributed by atoms with Gasteiger partial charge in [0.2, 0.25) is 0 Å². The van der Waals surface area contributed by atoms with Gasteiger partial charge in [0.05, 0.1) is 0 Å². The van der Waals surface area contributed by atoms with Crippen LogP contribution in [0.2, 0.25) is 0 Å². The Morgan fingerprint density at radius 2 is 1.05 bits per heavy atom. The molecule has 0 unspecified atom stereocenters. The van der Waals surface area contributed by atoms with Gasteiger partial charge in [-0.3, -0.25) is 0 Å². The molecule has 0 radical (unpaired) electrons. The summed E-state index contributed by atoms with van der Waals surface area (Å²) in [5.41, 5.74) is 0.704. The molecule has 0 atom stereocenters. The van der Waals surface area contributed by atoms with E-state index >= 15 is 0 Å². The van der Waals surface area contributed by atoms with Crippen molar-refractivity contribution in [2.75, 3.05) is 0 Å². The molecule has 0 bridgehead atoms. The van der Waals surface area contributed by atoms with E-state index in [0.717, 1.165) is 0 Å². The summed E-state index contributed by atoms with van der Waals surface area (Å²) in [6.07, 6.45) is 2.60. The van der Waals surface area contributed by atoms with Crippen LogP contribution in [-0.4, -0.2) is 74.8 Å². The topological polar surface area (TPSA) is 114 Å². The van der Waals surface area contributed by atoms with Gasteiger partial charge in [-0.2, -0.15) is 0 Å². The summed E-state index contributed by atoms with van der Waals surface area (Å²) in [5, 5.41) is 1.25. The first-order valence-corrected chi connectivity index (χ1v) is 7.39. The van der Waals surface area contributed by atoms with Crippen molar-refractivity contribution < 1.29 is 25.9 Å². The maximum atomic E-state index is 9.92. The largest absolute Gasteiger partial charge is 2.00 e. The predicted molar refractivity (Wildman–Crippen MR) is 73.1 cm³/mol. The molecule has 0 aliphatic rings. The number of hydrogen-bond donors (Lipinski definition) is 0. The molecule has 0 aromatic heterocycles. The molecule has 9 heteroatoms. The van der Waals surface area contributed by atoms with E-state index in [4.69, 9.17) is 0 Å². The minimum atomic E-state index is -4.22. The first-order chi connectivity index (χ1) is 7.91. The third-order valence-electron chi connectivity index (χ3n) is 1.30. The zero-order chi connectivity index (χ0) is 15.0. The first-order valence-electron chi connectivity index (χ1n) is 4.44. The molecule has 0 saturated carbocycles. The van der Waals surface area contributed by atoms with Gasteiger partial charge in [-0.1, -0.05) is 25.3 Å². The minimum absolute atomic E-state index is 0. The van der Waals surface area contributed by atoms with Crippen LogP contribution in [0, 0.1) is 0 Å². The van der Waals surface area contributed by atoms with Crippen molar-refractivity contribution in [2.45, 2.75) is 13.8 Å². The molecular formula is C10H14BaO6S2. The van der Waals surface area contributed by atoms with E-state index in [1.807, 2.05) is 0 Å². The van der Waals surface area contributed by atoms with Crippen LogP contribution in [0.1, 0.15) is 13.8 Å². The Hall–Kier alpha value is 0.351. The van der Waals surface area contributed by atoms with Gasteiger partial charge in [-0.15, -0.1) is 0 Å². The average Bonchev–Trinajstić information content (AvgIpc) is 2.13. The molecule has 6 nitrogen and oxygen atoms in total. The summed E-state index contributed by atoms with van der Waals surface area (Å²) in [6.45, 7) is 9.52. The average molecular weight is 432 g/mol. The van der Waals surface area contributed by atoms with Gasteiger partial charge >= 0.3 is 48.9 Å². The molecule has 0 aromatic rings. The fourth-order valence-electron chi connectivity index (χ4n) is 0.552. The van der Waals surface area contributed by atoms with Crippen LogP contribution in [0.3, 0.4) is 0 Å². The standard InChI is InChI=1S/2C5H8O3S.Ba/c2*1-3-5(2)4-9(6,7)8;/h2*3-4H,1H2,2H3,(H,6,7,8);/q;;+2/p-2. The Morgan fingerprint density at radius 1 is 0.842 bits per heavy atom. The van der Waals surface area contributed by atoms with Crippen molar-refractivity contribution in [1.29, 1.82) is 0 Å². The SMILES string of the molecule is C=CC(C)=CS(=O)(=O)[O-].C=CC(C)=CS(=O)(=O)[O-].[Ba+2]. The smallest absolute Gasteiger partial charge is 0.744 e. The van der Waals surface area contributed by atoms with Crippen LogP contribution in [0.4, 0.5) is 0 Å². The Morgan fingerprint density at radius 3 is 1.11 bits per heavy atom. The van der Waals surface area contributed by atoms with Crippen LogP contribution in [0.25, 0.3) is 0 Å². The Bertz CT molecular complexity index is 503. The molecule has 0 aliphatic carbocycles. The second-order valence-corrected chi connectivity index (χ2v) is 5.56. The number of rotatable bonds is 4. The van der Waals surface area contributed by atoms with Gasteiger partial charge in [-0.25, -0.2) is 16.8 Å². The summed E-state index contributed by atoms with van der Waals surface area (Å²) in [4.78, 5) is 0. The summed E-state index contributed by atoms with van der Waals surface area (Å²) >= 11 is 0. The third-order valence-corrected chi connectivity index (χ3v) is 2.63. The zero-order valence-corrected chi connectivity index (χ0v) is 16.8. The molecule has 0 saturated heterocycles. The predicted octanol–water partition coefficient (Wildman–Crippen LogP) is 0.862. The van der Waals surface area contributed by atoms with E-state index in [2.05, 4.69) is 13.2 Å². The van der Waals surface area contributed by atoms with Gasteiger partial charge in [0.1, 0.15) is 20.2 Å². The van der Waals surface area contributed by atoms with Crippen LogP contribution >= 0.6 is 0 Å². The fourth-order valence-corrected chi connectivity index (χ4v) is 1.65. The van der Waals surface area contributed by atoms with E-state index in [0.29, 0.717) is 22.0 Å². The van der Waals surface area contributed by atoms with Gasteiger partial charge in [0.15, 0.2) is 0 Å². The van der Waals surface area contributed by atoms with Crippen molar-refractivity contribution in [1.82, 2.24) is 0 Å². The molecule has 0 amide bonds. The third kappa shape index (κ3) is 23.8. The molecule has 0 aliphatic heterocycles. The van der Waals surface area contributed by atoms with Crippen LogP contribution in [-0.2, 0) is 20.2 Å². The number of allylic oxidation sites excluding steroid dienone is 4. The Balaban J connectivity index is -0.000000256. The Labute approximate surface area is 154 Å². The molecular weight excluding hydrogens is 418 g/mol. The van der Waals surface area contributed by atoms with Crippen LogP contribution < -0.4 is 0 Å². The Kier molecular flexibility index (Phi) is 14.2. The number of hydrogen-bond acceptors (Lipinski definition) is 6. The normalized spacial score (nSPS) is 12.6. The first kappa shape index (κ1) is 24.4. The zero-order valence-electron chi connectivity index (χ0n) is 10.7.